The molecule has 11 rings (SSSR count). The van der Waals surface area contributed by atoms with E-state index in [9.17, 15) is 0 Å². The van der Waals surface area contributed by atoms with Gasteiger partial charge in [-0.25, -0.2) is 0 Å². The van der Waals surface area contributed by atoms with Crippen LogP contribution in [-0.2, 0) is 21.7 Å². The Bertz CT molecular complexity index is 3360. The molecule has 69 heavy (non-hydrogen) atoms. The van der Waals surface area contributed by atoms with Crippen molar-refractivity contribution in [1.29, 1.82) is 0 Å². The van der Waals surface area contributed by atoms with Crippen LogP contribution in [0.2, 0.25) is 0 Å². The first-order valence-electron chi connectivity index (χ1n) is 25.2. The van der Waals surface area contributed by atoms with E-state index in [0.717, 1.165) is 0 Å². The molecule has 0 aromatic heterocycles. The molecule has 8 aromatic rings. The van der Waals surface area contributed by atoms with Crippen LogP contribution in [0.4, 0.5) is 28.4 Å². The molecular formula is C66H67BN2. The van der Waals surface area contributed by atoms with Crippen molar-refractivity contribution in [3.8, 4) is 44.5 Å². The number of nitrogens with zero attached hydrogens (tertiary/aromatic N) is 2. The third-order valence-corrected chi connectivity index (χ3v) is 15.8. The lowest BCUT2D eigenvalue weighted by Gasteiger charge is -2.47. The topological polar surface area (TPSA) is 6.48 Å². The van der Waals surface area contributed by atoms with Gasteiger partial charge in [0.2, 0.25) is 0 Å². The number of hydrogen-bond acceptors (Lipinski definition) is 2. The van der Waals surface area contributed by atoms with Gasteiger partial charge in [-0.15, -0.1) is 0 Å². The second-order valence-corrected chi connectivity index (χ2v) is 24.1. The summed E-state index contributed by atoms with van der Waals surface area (Å²) in [6.07, 6.45) is 0. The van der Waals surface area contributed by atoms with Gasteiger partial charge in [0.15, 0.2) is 0 Å². The standard InChI is InChI=1S/C66H67BN2/c1-40-34-41(2)59(42(3)35-40)44-36-52-49-30-26-47(65(10,11)12)39-57(49)69(48-28-24-45(25-29-48)63(4,5)6)67-55-32-31-54-60(50-22-18-19-23-53(50)66(54,13)14)62(55)68(58(37-44)61(52)67)56-33-27-46(64(7,8)9)38-51(56)43-20-16-15-17-21-43/h15-39H,1-14H3. The molecule has 0 saturated heterocycles. The van der Waals surface area contributed by atoms with E-state index >= 15 is 0 Å². The van der Waals surface area contributed by atoms with Gasteiger partial charge in [0.05, 0.1) is 11.4 Å². The molecule has 1 aliphatic carbocycles. The Labute approximate surface area is 413 Å². The Morgan fingerprint density at radius 3 is 1.71 bits per heavy atom. The van der Waals surface area contributed by atoms with Crippen LogP contribution in [0.3, 0.4) is 0 Å². The predicted octanol–water partition coefficient (Wildman–Crippen LogP) is 16.9. The van der Waals surface area contributed by atoms with Crippen LogP contribution in [0.1, 0.15) is 121 Å². The summed E-state index contributed by atoms with van der Waals surface area (Å²) >= 11 is 0. The molecule has 0 N–H and O–H groups in total. The van der Waals surface area contributed by atoms with Gasteiger partial charge in [-0.2, -0.15) is 0 Å². The molecule has 0 atom stereocenters. The molecule has 0 saturated carbocycles. The number of rotatable bonds is 4. The first-order chi connectivity index (χ1) is 32.6. The van der Waals surface area contributed by atoms with Crippen molar-refractivity contribution in [3.05, 3.63) is 196 Å². The highest BCUT2D eigenvalue weighted by Crippen LogP contribution is 2.58. The van der Waals surface area contributed by atoms with Gasteiger partial charge in [0.25, 0.3) is 0 Å². The van der Waals surface area contributed by atoms with Crippen molar-refractivity contribution in [1.82, 2.24) is 0 Å². The zero-order valence-electron chi connectivity index (χ0n) is 43.4. The van der Waals surface area contributed by atoms with Crippen LogP contribution < -0.4 is 20.6 Å². The fourth-order valence-electron chi connectivity index (χ4n) is 12.2. The summed E-state index contributed by atoms with van der Waals surface area (Å²) < 4.78 is 0. The third kappa shape index (κ3) is 7.05. The zero-order chi connectivity index (χ0) is 48.7. The molecule has 2 heterocycles. The molecule has 8 aromatic carbocycles. The van der Waals surface area contributed by atoms with E-state index in [4.69, 9.17) is 0 Å². The van der Waals surface area contributed by atoms with E-state index in [0.29, 0.717) is 0 Å². The maximum atomic E-state index is 2.72. The molecule has 0 radical (unpaired) electrons. The van der Waals surface area contributed by atoms with E-state index in [1.54, 1.807) is 0 Å². The predicted molar refractivity (Wildman–Crippen MR) is 299 cm³/mol. The molecule has 344 valence electrons. The van der Waals surface area contributed by atoms with Gasteiger partial charge in [0, 0.05) is 39.2 Å². The third-order valence-electron chi connectivity index (χ3n) is 15.8. The fraction of sp³-hybridized carbons (Fsp3) is 0.273. The van der Waals surface area contributed by atoms with Crippen molar-refractivity contribution >= 4 is 46.2 Å². The lowest BCUT2D eigenvalue weighted by Crippen LogP contribution is -2.61. The minimum atomic E-state index is -0.197. The van der Waals surface area contributed by atoms with Gasteiger partial charge < -0.3 is 9.71 Å². The van der Waals surface area contributed by atoms with Crippen LogP contribution in [0.5, 0.6) is 0 Å². The molecule has 2 aliphatic heterocycles. The smallest absolute Gasteiger partial charge is 0.333 e. The van der Waals surface area contributed by atoms with E-state index < -0.39 is 0 Å². The van der Waals surface area contributed by atoms with Crippen molar-refractivity contribution in [2.24, 2.45) is 0 Å². The summed E-state index contributed by atoms with van der Waals surface area (Å²) in [5.41, 5.74) is 29.4. The molecule has 3 heteroatoms. The second-order valence-electron chi connectivity index (χ2n) is 24.1. The molecule has 3 aliphatic rings. The molecule has 0 amide bonds. The monoisotopic (exact) mass is 899 g/mol. The average Bonchev–Trinajstić information content (AvgIpc) is 3.53. The van der Waals surface area contributed by atoms with E-state index in [1.807, 2.05) is 0 Å². The number of benzene rings is 8. The molecular weight excluding hydrogens is 832 g/mol. The number of aryl methyl sites for hydroxylation is 3. The summed E-state index contributed by atoms with van der Waals surface area (Å²) in [6.45, 7) is 32.5. The second kappa shape index (κ2) is 15.5. The van der Waals surface area contributed by atoms with Crippen molar-refractivity contribution in [2.75, 3.05) is 9.71 Å². The van der Waals surface area contributed by atoms with Crippen molar-refractivity contribution in [3.63, 3.8) is 0 Å². The summed E-state index contributed by atoms with van der Waals surface area (Å²) in [5, 5.41) is 0. The van der Waals surface area contributed by atoms with Crippen LogP contribution in [-0.4, -0.2) is 6.85 Å². The minimum Gasteiger partial charge on any atom is -0.376 e. The highest BCUT2D eigenvalue weighted by Gasteiger charge is 2.49. The molecule has 0 bridgehead atoms. The van der Waals surface area contributed by atoms with Crippen molar-refractivity contribution < 1.29 is 0 Å². The van der Waals surface area contributed by atoms with Crippen LogP contribution in [0, 0.1) is 20.8 Å². The van der Waals surface area contributed by atoms with E-state index in [-0.39, 0.29) is 28.5 Å². The van der Waals surface area contributed by atoms with Crippen LogP contribution >= 0.6 is 0 Å². The summed E-state index contributed by atoms with van der Waals surface area (Å²) in [4.78, 5) is 5.43. The molecule has 0 unspecified atom stereocenters. The Hall–Kier alpha value is -6.58. The number of anilines is 5. The van der Waals surface area contributed by atoms with Gasteiger partial charge >= 0.3 is 6.85 Å². The van der Waals surface area contributed by atoms with E-state index in [1.165, 1.54) is 128 Å². The zero-order valence-corrected chi connectivity index (χ0v) is 43.4. The van der Waals surface area contributed by atoms with Gasteiger partial charge in [-0.05, 0) is 157 Å². The fourth-order valence-corrected chi connectivity index (χ4v) is 12.2. The largest absolute Gasteiger partial charge is 0.376 e. The Balaban J connectivity index is 1.34. The molecule has 2 nitrogen and oxygen atoms in total. The average molecular weight is 899 g/mol. The molecule has 0 fully saturated rings. The normalized spacial score (nSPS) is 14.6. The number of fused-ring (bicyclic) bond motifs is 8. The van der Waals surface area contributed by atoms with E-state index in [2.05, 4.69) is 258 Å². The first kappa shape index (κ1) is 44.9. The lowest BCUT2D eigenvalue weighted by atomic mass is 9.43. The van der Waals surface area contributed by atoms with Crippen molar-refractivity contribution in [2.45, 2.75) is 119 Å². The Morgan fingerprint density at radius 2 is 1.04 bits per heavy atom. The molecule has 0 spiro atoms. The van der Waals surface area contributed by atoms with Gasteiger partial charge in [-0.3, -0.25) is 0 Å². The van der Waals surface area contributed by atoms with Gasteiger partial charge in [0.1, 0.15) is 0 Å². The number of hydrogen-bond donors (Lipinski definition) is 0. The van der Waals surface area contributed by atoms with Crippen LogP contribution in [0.15, 0.2) is 152 Å². The highest BCUT2D eigenvalue weighted by molar-refractivity contribution is 6.93. The first-order valence-corrected chi connectivity index (χ1v) is 25.2. The lowest BCUT2D eigenvalue weighted by molar-refractivity contribution is 0.590. The van der Waals surface area contributed by atoms with Gasteiger partial charge in [-0.1, -0.05) is 191 Å². The summed E-state index contributed by atoms with van der Waals surface area (Å²) in [7, 11) is 0. The Morgan fingerprint density at radius 1 is 0.435 bits per heavy atom. The summed E-state index contributed by atoms with van der Waals surface area (Å²) in [5.74, 6) is 0. The Kier molecular flexibility index (Phi) is 10.1. The van der Waals surface area contributed by atoms with Crippen LogP contribution in [0.25, 0.3) is 44.5 Å². The SMILES string of the molecule is Cc1cc(C)c(-c2cc3c4c(c2)N(c2ccc(C(C)(C)C)cc2-c2ccccc2)c2c(ccc5c2-c2ccccc2C5(C)C)B4N(c2ccc(C(C)(C)C)cc2)c2cc(C(C)(C)C)ccc2-3)c(C)c1. The maximum absolute atomic E-state index is 2.72. The maximum Gasteiger partial charge on any atom is 0.333 e. The highest BCUT2D eigenvalue weighted by atomic mass is 15.2. The minimum absolute atomic E-state index is 0.0256. The quantitative estimate of drug-likeness (QED) is 0.162. The summed E-state index contributed by atoms with van der Waals surface area (Å²) in [6, 6.07) is 59.3.